The average molecular weight is 422 g/mol. The monoisotopic (exact) mass is 421 g/mol. The van der Waals surface area contributed by atoms with Gasteiger partial charge in [0.1, 0.15) is 11.5 Å². The Morgan fingerprint density at radius 2 is 1.71 bits per heavy atom. The molecule has 0 saturated heterocycles. The molecule has 1 N–H and O–H groups in total. The molecule has 6 nitrogen and oxygen atoms in total. The van der Waals surface area contributed by atoms with Crippen molar-refractivity contribution in [3.63, 3.8) is 0 Å². The summed E-state index contributed by atoms with van der Waals surface area (Å²) in [6, 6.07) is 15.7. The number of carbonyl (C=O) groups excluding carboxylic acids is 1. The minimum atomic E-state index is 0.0236. The topological polar surface area (TPSA) is 65.4 Å². The molecule has 0 unspecified atom stereocenters. The van der Waals surface area contributed by atoms with Crippen molar-refractivity contribution >= 4 is 5.91 Å². The fraction of sp³-hybridized carbons (Fsp3) is 0.360. The first-order valence-electron chi connectivity index (χ1n) is 10.7. The molecule has 0 aliphatic rings. The molecule has 1 aromatic heterocycles. The minimum absolute atomic E-state index is 0.0236. The third kappa shape index (κ3) is 5.66. The molecule has 0 aliphatic carbocycles. The number of aromatic nitrogens is 2. The number of rotatable bonds is 9. The fourth-order valence-corrected chi connectivity index (χ4v) is 3.37. The predicted molar refractivity (Wildman–Crippen MR) is 122 cm³/mol. The second kappa shape index (κ2) is 10.2. The lowest BCUT2D eigenvalue weighted by Crippen LogP contribution is -2.30. The molecule has 31 heavy (non-hydrogen) atoms. The van der Waals surface area contributed by atoms with Gasteiger partial charge in [0.05, 0.1) is 18.5 Å². The molecule has 0 bridgehead atoms. The van der Waals surface area contributed by atoms with Crippen LogP contribution in [0.2, 0.25) is 0 Å². The maximum Gasteiger partial charge on any atom is 0.226 e. The van der Waals surface area contributed by atoms with Crippen LogP contribution in [0.4, 0.5) is 0 Å². The SMILES string of the molecule is CCc1nn(-c2ccc(OC)cc2)c(Oc2ccc(C)cc2)c1CCC(=O)NC(C)C. The average Bonchev–Trinajstić information content (AvgIpc) is 3.10. The minimum Gasteiger partial charge on any atom is -0.497 e. The van der Waals surface area contributed by atoms with Crippen LogP contribution in [0.1, 0.15) is 44.0 Å². The third-order valence-corrected chi connectivity index (χ3v) is 4.96. The number of nitrogens with one attached hydrogen (secondary N) is 1. The van der Waals surface area contributed by atoms with Gasteiger partial charge in [-0.1, -0.05) is 24.6 Å². The Morgan fingerprint density at radius 3 is 2.29 bits per heavy atom. The van der Waals surface area contributed by atoms with Gasteiger partial charge in [0.15, 0.2) is 0 Å². The molecule has 6 heteroatoms. The van der Waals surface area contributed by atoms with Crippen LogP contribution >= 0.6 is 0 Å². The Labute approximate surface area is 184 Å². The van der Waals surface area contributed by atoms with E-state index in [0.717, 1.165) is 40.4 Å². The number of aryl methyl sites for hydroxylation is 2. The van der Waals surface area contributed by atoms with Crippen molar-refractivity contribution in [1.82, 2.24) is 15.1 Å². The van der Waals surface area contributed by atoms with Crippen molar-refractivity contribution in [2.75, 3.05) is 7.11 Å². The van der Waals surface area contributed by atoms with Gasteiger partial charge < -0.3 is 14.8 Å². The smallest absolute Gasteiger partial charge is 0.226 e. The van der Waals surface area contributed by atoms with Crippen molar-refractivity contribution in [3.05, 3.63) is 65.4 Å². The van der Waals surface area contributed by atoms with Crippen LogP contribution in [-0.4, -0.2) is 28.8 Å². The molecule has 1 heterocycles. The van der Waals surface area contributed by atoms with Crippen LogP contribution in [0, 0.1) is 6.92 Å². The number of benzene rings is 2. The van der Waals surface area contributed by atoms with E-state index in [1.165, 1.54) is 0 Å². The summed E-state index contributed by atoms with van der Waals surface area (Å²) in [5, 5.41) is 7.78. The Hall–Kier alpha value is -3.28. The molecular formula is C25H31N3O3. The highest BCUT2D eigenvalue weighted by Gasteiger charge is 2.21. The molecule has 0 saturated carbocycles. The van der Waals surface area contributed by atoms with Gasteiger partial charge in [0.25, 0.3) is 0 Å². The molecule has 3 aromatic rings. The molecule has 0 aliphatic heterocycles. The van der Waals surface area contributed by atoms with Gasteiger partial charge in [0.2, 0.25) is 11.8 Å². The van der Waals surface area contributed by atoms with Gasteiger partial charge in [-0.25, -0.2) is 4.68 Å². The van der Waals surface area contributed by atoms with Crippen LogP contribution in [0.15, 0.2) is 48.5 Å². The second-order valence-electron chi connectivity index (χ2n) is 7.83. The maximum absolute atomic E-state index is 12.3. The highest BCUT2D eigenvalue weighted by Crippen LogP contribution is 2.32. The van der Waals surface area contributed by atoms with Crippen molar-refractivity contribution in [2.24, 2.45) is 0 Å². The Bertz CT molecular complexity index is 1010. The quantitative estimate of drug-likeness (QED) is 0.528. The summed E-state index contributed by atoms with van der Waals surface area (Å²) in [5.41, 5.74) is 3.92. The highest BCUT2D eigenvalue weighted by molar-refractivity contribution is 5.76. The second-order valence-corrected chi connectivity index (χ2v) is 7.83. The van der Waals surface area contributed by atoms with Gasteiger partial charge in [-0.2, -0.15) is 5.10 Å². The zero-order valence-electron chi connectivity index (χ0n) is 18.9. The summed E-state index contributed by atoms with van der Waals surface area (Å²) in [7, 11) is 1.64. The summed E-state index contributed by atoms with van der Waals surface area (Å²) in [6.45, 7) is 8.03. The van der Waals surface area contributed by atoms with Crippen molar-refractivity contribution in [3.8, 4) is 23.1 Å². The maximum atomic E-state index is 12.3. The lowest BCUT2D eigenvalue weighted by atomic mass is 10.1. The number of nitrogens with zero attached hydrogens (tertiary/aromatic N) is 2. The molecular weight excluding hydrogens is 390 g/mol. The van der Waals surface area contributed by atoms with Crippen molar-refractivity contribution in [1.29, 1.82) is 0 Å². The number of amides is 1. The summed E-state index contributed by atoms with van der Waals surface area (Å²) in [5.74, 6) is 2.17. The molecule has 164 valence electrons. The first kappa shape index (κ1) is 22.4. The predicted octanol–water partition coefficient (Wildman–Crippen LogP) is 5.00. The number of ether oxygens (including phenoxy) is 2. The van der Waals surface area contributed by atoms with E-state index in [-0.39, 0.29) is 11.9 Å². The van der Waals surface area contributed by atoms with E-state index >= 15 is 0 Å². The third-order valence-electron chi connectivity index (χ3n) is 4.96. The van der Waals surface area contributed by atoms with Crippen LogP contribution < -0.4 is 14.8 Å². The molecule has 0 spiro atoms. The van der Waals surface area contributed by atoms with Crippen LogP contribution in [-0.2, 0) is 17.6 Å². The summed E-state index contributed by atoms with van der Waals surface area (Å²) < 4.78 is 13.4. The van der Waals surface area contributed by atoms with Gasteiger partial charge >= 0.3 is 0 Å². The Kier molecular flexibility index (Phi) is 7.34. The molecule has 1 amide bonds. The van der Waals surface area contributed by atoms with E-state index in [4.69, 9.17) is 14.6 Å². The zero-order valence-corrected chi connectivity index (χ0v) is 18.9. The Balaban J connectivity index is 2.00. The molecule has 3 rings (SSSR count). The standard InChI is InChI=1S/C25H31N3O3/c1-6-23-22(15-16-24(29)26-17(2)3)25(31-21-11-7-18(4)8-12-21)28(27-23)19-9-13-20(30-5)14-10-19/h7-14,17H,6,15-16H2,1-5H3,(H,26,29). The fourth-order valence-electron chi connectivity index (χ4n) is 3.37. The van der Waals surface area contributed by atoms with E-state index < -0.39 is 0 Å². The van der Waals surface area contributed by atoms with E-state index in [9.17, 15) is 4.79 Å². The number of methoxy groups -OCH3 is 1. The van der Waals surface area contributed by atoms with Gasteiger partial charge in [0, 0.05) is 18.0 Å². The van der Waals surface area contributed by atoms with Crippen molar-refractivity contribution < 1.29 is 14.3 Å². The van der Waals surface area contributed by atoms with E-state index in [1.54, 1.807) is 7.11 Å². The summed E-state index contributed by atoms with van der Waals surface area (Å²) in [4.78, 5) is 12.3. The summed E-state index contributed by atoms with van der Waals surface area (Å²) >= 11 is 0. The molecule has 0 radical (unpaired) electrons. The number of carbonyl (C=O) groups is 1. The zero-order chi connectivity index (χ0) is 22.4. The first-order chi connectivity index (χ1) is 14.9. The van der Waals surface area contributed by atoms with Crippen LogP contribution in [0.25, 0.3) is 5.69 Å². The summed E-state index contributed by atoms with van der Waals surface area (Å²) in [6.07, 6.45) is 1.68. The van der Waals surface area contributed by atoms with Crippen LogP contribution in [0.5, 0.6) is 17.4 Å². The number of hydrogen-bond acceptors (Lipinski definition) is 4. The van der Waals surface area contributed by atoms with Gasteiger partial charge in [-0.3, -0.25) is 4.79 Å². The lowest BCUT2D eigenvalue weighted by molar-refractivity contribution is -0.121. The van der Waals surface area contributed by atoms with Crippen molar-refractivity contribution in [2.45, 2.75) is 53.0 Å². The molecule has 0 atom stereocenters. The van der Waals surface area contributed by atoms with Gasteiger partial charge in [-0.15, -0.1) is 0 Å². The van der Waals surface area contributed by atoms with E-state index in [1.807, 2.05) is 74.0 Å². The van der Waals surface area contributed by atoms with E-state index in [0.29, 0.717) is 18.7 Å². The molecule has 2 aromatic carbocycles. The van der Waals surface area contributed by atoms with E-state index in [2.05, 4.69) is 12.2 Å². The number of hydrogen-bond donors (Lipinski definition) is 1. The van der Waals surface area contributed by atoms with Gasteiger partial charge in [-0.05, 0) is 70.0 Å². The Morgan fingerprint density at radius 1 is 1.06 bits per heavy atom. The van der Waals surface area contributed by atoms with Crippen LogP contribution in [0.3, 0.4) is 0 Å². The lowest BCUT2D eigenvalue weighted by Gasteiger charge is -2.13. The normalized spacial score (nSPS) is 10.9. The first-order valence-corrected chi connectivity index (χ1v) is 10.7. The highest BCUT2D eigenvalue weighted by atomic mass is 16.5. The molecule has 0 fully saturated rings. The largest absolute Gasteiger partial charge is 0.497 e.